The van der Waals surface area contributed by atoms with Gasteiger partial charge in [-0.1, -0.05) is 53.1 Å². The maximum absolute atomic E-state index is 10.8. The molecule has 2 radical (unpaired) electrons. The SMILES string of the molecule is COC(OC)[Si]COc1ccc(O)cc1[P+](c1ccc(C)cc1)(c1ccc(C)cc1)c1ccc(C)cc1.[Br-]. The van der Waals surface area contributed by atoms with Gasteiger partial charge < -0.3 is 36.3 Å². The Kier molecular flexibility index (Phi) is 10.7. The van der Waals surface area contributed by atoms with Gasteiger partial charge in [-0.2, -0.15) is 0 Å². The lowest BCUT2D eigenvalue weighted by Gasteiger charge is -2.29. The van der Waals surface area contributed by atoms with Crippen molar-refractivity contribution in [2.75, 3.05) is 20.4 Å². The van der Waals surface area contributed by atoms with Crippen LogP contribution in [0, 0.1) is 20.8 Å². The molecule has 4 rings (SSSR count). The van der Waals surface area contributed by atoms with E-state index in [4.69, 9.17) is 14.2 Å². The number of benzene rings is 4. The Morgan fingerprint density at radius 3 is 1.50 bits per heavy atom. The molecule has 0 heterocycles. The number of aromatic hydroxyl groups is 1. The first-order valence-electron chi connectivity index (χ1n) is 12.2. The lowest BCUT2D eigenvalue weighted by molar-refractivity contribution is -0.0451. The van der Waals surface area contributed by atoms with Gasteiger partial charge in [-0.05, 0) is 69.3 Å². The molecule has 0 bridgehead atoms. The zero-order valence-electron chi connectivity index (χ0n) is 22.4. The highest BCUT2D eigenvalue weighted by atomic mass is 79.9. The Morgan fingerprint density at radius 2 is 1.11 bits per heavy atom. The van der Waals surface area contributed by atoms with Gasteiger partial charge in [0.25, 0.3) is 0 Å². The minimum absolute atomic E-state index is 0. The highest BCUT2D eigenvalue weighted by molar-refractivity contribution is 8.01. The highest BCUT2D eigenvalue weighted by Gasteiger charge is 2.50. The number of ether oxygens (including phenoxy) is 3. The monoisotopic (exact) mass is 608 g/mol. The molecule has 0 aliphatic carbocycles. The van der Waals surface area contributed by atoms with Gasteiger partial charge in [0, 0.05) is 20.3 Å². The van der Waals surface area contributed by atoms with Crippen molar-refractivity contribution >= 4 is 38.0 Å². The summed E-state index contributed by atoms with van der Waals surface area (Å²) < 4.78 is 17.2. The summed E-state index contributed by atoms with van der Waals surface area (Å²) in [6, 6.07) is 31.8. The van der Waals surface area contributed by atoms with Crippen molar-refractivity contribution in [2.24, 2.45) is 0 Å². The molecule has 1 N–H and O–H groups in total. The van der Waals surface area contributed by atoms with Gasteiger partial charge in [0.15, 0.2) is 20.6 Å². The van der Waals surface area contributed by atoms with E-state index in [1.54, 1.807) is 20.3 Å². The lowest BCUT2D eigenvalue weighted by atomic mass is 10.2. The Morgan fingerprint density at radius 1 is 0.684 bits per heavy atom. The maximum atomic E-state index is 10.8. The Labute approximate surface area is 239 Å². The standard InChI is InChI=1S/C31H33O4PSi.BrH/c1-22-6-13-26(14-7-22)36(27-15-8-23(2)9-16-27,28-17-10-24(3)11-18-28)30-20-25(32)12-19-29(30)35-21-37-31(33-4)34-5;/h6-20,31H,21H2,1-5H3;1H. The van der Waals surface area contributed by atoms with Crippen molar-refractivity contribution in [1.29, 1.82) is 0 Å². The molecule has 0 atom stereocenters. The number of halogens is 1. The fourth-order valence-corrected chi connectivity index (χ4v) is 9.53. The van der Waals surface area contributed by atoms with Crippen molar-refractivity contribution in [3.63, 3.8) is 0 Å². The van der Waals surface area contributed by atoms with E-state index >= 15 is 0 Å². The average Bonchev–Trinajstić information content (AvgIpc) is 2.91. The molecule has 0 saturated heterocycles. The molecular weight excluding hydrogens is 575 g/mol. The molecule has 0 saturated carbocycles. The summed E-state index contributed by atoms with van der Waals surface area (Å²) in [7, 11) is 1.12. The number of aryl methyl sites for hydroxylation is 3. The second-order valence-electron chi connectivity index (χ2n) is 9.13. The number of hydrogen-bond donors (Lipinski definition) is 1. The second-order valence-corrected chi connectivity index (χ2v) is 13.7. The Bertz CT molecular complexity index is 1200. The summed E-state index contributed by atoms with van der Waals surface area (Å²) in [5, 5.41) is 15.4. The molecule has 7 heteroatoms. The smallest absolute Gasteiger partial charge is 0.166 e. The van der Waals surface area contributed by atoms with Crippen LogP contribution in [-0.2, 0) is 9.47 Å². The summed E-state index contributed by atoms with van der Waals surface area (Å²) in [6.45, 7) is 6.31. The van der Waals surface area contributed by atoms with Gasteiger partial charge in [0.1, 0.15) is 34.8 Å². The quantitative estimate of drug-likeness (QED) is 0.169. The van der Waals surface area contributed by atoms with Crippen molar-refractivity contribution in [2.45, 2.75) is 26.7 Å². The Hall–Kier alpha value is -2.47. The molecule has 0 spiro atoms. The fourth-order valence-electron chi connectivity index (χ4n) is 4.51. The van der Waals surface area contributed by atoms with E-state index in [2.05, 4.69) is 93.6 Å². The molecule has 4 nitrogen and oxygen atoms in total. The van der Waals surface area contributed by atoms with Crippen molar-refractivity contribution in [3.05, 3.63) is 108 Å². The minimum Gasteiger partial charge on any atom is -1.00 e. The zero-order valence-corrected chi connectivity index (χ0v) is 25.9. The predicted octanol–water partition coefficient (Wildman–Crippen LogP) is 1.56. The van der Waals surface area contributed by atoms with Gasteiger partial charge in [0.05, 0.1) is 6.23 Å². The molecule has 0 fully saturated rings. The average molecular weight is 610 g/mol. The van der Waals surface area contributed by atoms with Crippen molar-refractivity contribution in [3.8, 4) is 11.5 Å². The second kappa shape index (κ2) is 13.5. The van der Waals surface area contributed by atoms with E-state index in [1.165, 1.54) is 32.6 Å². The molecule has 0 unspecified atom stereocenters. The van der Waals surface area contributed by atoms with E-state index < -0.39 is 7.26 Å². The third kappa shape index (κ3) is 6.39. The first kappa shape index (κ1) is 30.1. The molecule has 0 amide bonds. The van der Waals surface area contributed by atoms with Crippen LogP contribution in [0.4, 0.5) is 0 Å². The number of rotatable bonds is 10. The van der Waals surface area contributed by atoms with E-state index in [0.717, 1.165) is 11.1 Å². The van der Waals surface area contributed by atoms with E-state index in [1.807, 2.05) is 12.1 Å². The molecule has 0 aliphatic rings. The lowest BCUT2D eigenvalue weighted by Crippen LogP contribution is -3.00. The summed E-state index contributed by atoms with van der Waals surface area (Å²) >= 11 is 0. The summed E-state index contributed by atoms with van der Waals surface area (Å²) in [6.07, 6.45) is 0.444. The zero-order chi connectivity index (χ0) is 26.4. The van der Waals surface area contributed by atoms with Gasteiger partial charge in [-0.15, -0.1) is 0 Å². The van der Waals surface area contributed by atoms with Crippen LogP contribution in [0.2, 0.25) is 0 Å². The normalized spacial score (nSPS) is 11.3. The van der Waals surface area contributed by atoms with Gasteiger partial charge >= 0.3 is 0 Å². The number of methoxy groups -OCH3 is 2. The summed E-state index contributed by atoms with van der Waals surface area (Å²) in [5.74, 6) is 0.657. The van der Waals surface area contributed by atoms with E-state index in [0.29, 0.717) is 15.7 Å². The van der Waals surface area contributed by atoms with Crippen LogP contribution in [0.25, 0.3) is 0 Å². The van der Waals surface area contributed by atoms with Crippen molar-refractivity contribution in [1.82, 2.24) is 0 Å². The largest absolute Gasteiger partial charge is 1.00 e. The molecular formula is C31H34BrO4PSi. The number of phenols is 1. The number of hydrogen-bond acceptors (Lipinski definition) is 4. The molecule has 4 aromatic carbocycles. The van der Waals surface area contributed by atoms with Crippen LogP contribution in [-0.4, -0.2) is 41.0 Å². The maximum Gasteiger partial charge on any atom is 0.166 e. The van der Waals surface area contributed by atoms with Crippen LogP contribution in [0.15, 0.2) is 91.0 Å². The summed E-state index contributed by atoms with van der Waals surface area (Å²) in [4.78, 5) is 0. The molecule has 0 aromatic heterocycles. The molecule has 0 aliphatic heterocycles. The van der Waals surface area contributed by atoms with Gasteiger partial charge in [-0.3, -0.25) is 0 Å². The topological polar surface area (TPSA) is 47.9 Å². The van der Waals surface area contributed by atoms with Crippen molar-refractivity contribution < 1.29 is 36.3 Å². The first-order valence-corrected chi connectivity index (χ1v) is 15.3. The Balaban J connectivity index is 0.00000400. The van der Waals surface area contributed by atoms with Crippen LogP contribution >= 0.6 is 7.26 Å². The fraction of sp³-hybridized carbons (Fsp3) is 0.226. The van der Waals surface area contributed by atoms with Crippen LogP contribution in [0.1, 0.15) is 16.7 Å². The first-order chi connectivity index (χ1) is 17.9. The van der Waals surface area contributed by atoms with E-state index in [-0.39, 0.29) is 28.6 Å². The minimum atomic E-state index is -2.45. The highest BCUT2D eigenvalue weighted by Crippen LogP contribution is 2.56. The third-order valence-electron chi connectivity index (χ3n) is 6.47. The molecule has 198 valence electrons. The van der Waals surface area contributed by atoms with Gasteiger partial charge in [0.2, 0.25) is 0 Å². The van der Waals surface area contributed by atoms with Crippen LogP contribution in [0.5, 0.6) is 11.5 Å². The van der Waals surface area contributed by atoms with E-state index in [9.17, 15) is 5.11 Å². The van der Waals surface area contributed by atoms with Crippen LogP contribution in [0.3, 0.4) is 0 Å². The summed E-state index contributed by atoms with van der Waals surface area (Å²) in [5.41, 5.74) is 3.61. The van der Waals surface area contributed by atoms with Gasteiger partial charge in [-0.25, -0.2) is 0 Å². The third-order valence-corrected chi connectivity index (χ3v) is 11.9. The van der Waals surface area contributed by atoms with Crippen LogP contribution < -0.4 is 42.9 Å². The molecule has 4 aromatic rings. The predicted molar refractivity (Wildman–Crippen MR) is 156 cm³/mol. The number of phenolic OH excluding ortho intramolecular Hbond substituents is 1. The molecule has 38 heavy (non-hydrogen) atoms.